The van der Waals surface area contributed by atoms with Crippen LogP contribution < -0.4 is 5.32 Å². The zero-order valence-electron chi connectivity index (χ0n) is 16.0. The van der Waals surface area contributed by atoms with Crippen molar-refractivity contribution < 1.29 is 9.59 Å². The summed E-state index contributed by atoms with van der Waals surface area (Å²) in [6.07, 6.45) is 4.20. The van der Waals surface area contributed by atoms with E-state index in [1.807, 2.05) is 90.6 Å². The quantitative estimate of drug-likeness (QED) is 0.657. The number of hydrogen-bond donors (Lipinski definition) is 1. The minimum atomic E-state index is -0.155. The molecule has 2 amide bonds. The maximum atomic E-state index is 12.4. The van der Waals surface area contributed by atoms with Gasteiger partial charge in [0.05, 0.1) is 13.0 Å². The summed E-state index contributed by atoms with van der Waals surface area (Å²) < 4.78 is 2.01. The number of benzene rings is 2. The van der Waals surface area contributed by atoms with Crippen molar-refractivity contribution in [1.82, 2.24) is 14.8 Å². The molecule has 2 aromatic carbocycles. The fourth-order valence-corrected chi connectivity index (χ4v) is 3.01. The average molecular weight is 375 g/mol. The van der Waals surface area contributed by atoms with Crippen LogP contribution in [0.4, 0.5) is 0 Å². The van der Waals surface area contributed by atoms with Crippen molar-refractivity contribution in [1.29, 1.82) is 0 Å². The normalized spacial score (nSPS) is 10.5. The lowest BCUT2D eigenvalue weighted by molar-refractivity contribution is -0.133. The summed E-state index contributed by atoms with van der Waals surface area (Å²) in [5.41, 5.74) is 3.04. The number of carbonyl (C=O) groups excluding carboxylic acids is 2. The second-order valence-corrected chi connectivity index (χ2v) is 6.60. The second kappa shape index (κ2) is 9.55. The van der Waals surface area contributed by atoms with E-state index in [0.29, 0.717) is 13.1 Å². The van der Waals surface area contributed by atoms with Gasteiger partial charge in [-0.2, -0.15) is 0 Å². The fraction of sp³-hybridized carbons (Fsp3) is 0.217. The first-order valence-electron chi connectivity index (χ1n) is 9.46. The third-order valence-corrected chi connectivity index (χ3v) is 4.59. The molecule has 0 saturated heterocycles. The van der Waals surface area contributed by atoms with E-state index in [1.54, 1.807) is 4.90 Å². The van der Waals surface area contributed by atoms with Crippen LogP contribution in [0.5, 0.6) is 0 Å². The Morgan fingerprint density at radius 1 is 0.893 bits per heavy atom. The van der Waals surface area contributed by atoms with E-state index in [0.717, 1.165) is 16.8 Å². The van der Waals surface area contributed by atoms with E-state index in [-0.39, 0.29) is 24.8 Å². The Labute approximate surface area is 165 Å². The van der Waals surface area contributed by atoms with Gasteiger partial charge >= 0.3 is 0 Å². The van der Waals surface area contributed by atoms with Crippen LogP contribution in [-0.4, -0.2) is 34.4 Å². The van der Waals surface area contributed by atoms with Gasteiger partial charge < -0.3 is 14.8 Å². The summed E-state index contributed by atoms with van der Waals surface area (Å²) in [4.78, 5) is 26.4. The molecule has 0 aliphatic rings. The summed E-state index contributed by atoms with van der Waals surface area (Å²) in [5, 5.41) is 2.74. The van der Waals surface area contributed by atoms with Crippen LogP contribution in [0.2, 0.25) is 0 Å². The third-order valence-electron chi connectivity index (χ3n) is 4.59. The third kappa shape index (κ3) is 5.33. The molecule has 3 rings (SSSR count). The summed E-state index contributed by atoms with van der Waals surface area (Å²) in [6.45, 7) is 3.10. The molecular formula is C23H25N3O2. The highest BCUT2D eigenvalue weighted by molar-refractivity contribution is 5.85. The maximum Gasteiger partial charge on any atom is 0.242 e. The highest BCUT2D eigenvalue weighted by Gasteiger charge is 2.13. The Hall–Kier alpha value is -3.34. The molecule has 144 valence electrons. The van der Waals surface area contributed by atoms with E-state index >= 15 is 0 Å². The molecule has 0 saturated carbocycles. The van der Waals surface area contributed by atoms with Gasteiger partial charge in [-0.15, -0.1) is 0 Å². The van der Waals surface area contributed by atoms with Gasteiger partial charge in [-0.3, -0.25) is 9.59 Å². The van der Waals surface area contributed by atoms with Gasteiger partial charge in [-0.25, -0.2) is 0 Å². The summed E-state index contributed by atoms with van der Waals surface area (Å²) in [5.74, 6) is -0.236. The Bertz CT molecular complexity index is 887. The second-order valence-electron chi connectivity index (χ2n) is 6.60. The lowest BCUT2D eigenvalue weighted by Crippen LogP contribution is -2.40. The van der Waals surface area contributed by atoms with Crippen LogP contribution in [0.25, 0.3) is 5.69 Å². The van der Waals surface area contributed by atoms with Crippen molar-refractivity contribution in [3.8, 4) is 5.69 Å². The molecule has 0 aliphatic heterocycles. The average Bonchev–Trinajstić information content (AvgIpc) is 3.26. The van der Waals surface area contributed by atoms with Crippen LogP contribution >= 0.6 is 0 Å². The number of hydrogen-bond acceptors (Lipinski definition) is 2. The fourth-order valence-electron chi connectivity index (χ4n) is 3.01. The van der Waals surface area contributed by atoms with Crippen molar-refractivity contribution in [3.63, 3.8) is 0 Å². The zero-order chi connectivity index (χ0) is 19.8. The Morgan fingerprint density at radius 2 is 1.57 bits per heavy atom. The predicted molar refractivity (Wildman–Crippen MR) is 110 cm³/mol. The summed E-state index contributed by atoms with van der Waals surface area (Å²) in [6, 6.07) is 21.6. The Kier molecular flexibility index (Phi) is 6.63. The highest BCUT2D eigenvalue weighted by atomic mass is 16.2. The van der Waals surface area contributed by atoms with Crippen LogP contribution in [-0.2, 0) is 22.6 Å². The number of nitrogens with one attached hydrogen (secondary N) is 1. The van der Waals surface area contributed by atoms with Crippen molar-refractivity contribution in [2.45, 2.75) is 19.9 Å². The highest BCUT2D eigenvalue weighted by Crippen LogP contribution is 2.10. The number of rotatable bonds is 8. The number of nitrogens with zero attached hydrogens (tertiary/aromatic N) is 2. The zero-order valence-corrected chi connectivity index (χ0v) is 16.0. The molecule has 0 atom stereocenters. The number of amides is 2. The molecule has 0 spiro atoms. The first kappa shape index (κ1) is 19.4. The molecule has 1 heterocycles. The first-order chi connectivity index (χ1) is 13.7. The van der Waals surface area contributed by atoms with Gasteiger partial charge in [0.15, 0.2) is 0 Å². The predicted octanol–water partition coefficient (Wildman–Crippen LogP) is 3.18. The number of likely N-dealkylation sites (N-methyl/N-ethyl adjacent to an activating group) is 1. The maximum absolute atomic E-state index is 12.4. The monoisotopic (exact) mass is 375 g/mol. The van der Waals surface area contributed by atoms with E-state index in [4.69, 9.17) is 0 Å². The van der Waals surface area contributed by atoms with Gasteiger partial charge in [0.25, 0.3) is 0 Å². The van der Waals surface area contributed by atoms with E-state index < -0.39 is 0 Å². The molecule has 0 aliphatic carbocycles. The SMILES string of the molecule is CCN(Cc1ccccc1)C(=O)CNC(=O)Cc1ccc(-n2cccc2)cc1. The van der Waals surface area contributed by atoms with Gasteiger partial charge in [0.1, 0.15) is 0 Å². The molecule has 0 unspecified atom stereocenters. The standard InChI is InChI=1S/C23H25N3O2/c1-2-25(18-20-8-4-3-5-9-20)23(28)17-24-22(27)16-19-10-12-21(13-11-19)26-14-6-7-15-26/h3-15H,2,16-18H2,1H3,(H,24,27). The molecule has 0 fully saturated rings. The van der Waals surface area contributed by atoms with Crippen LogP contribution in [0.3, 0.4) is 0 Å². The Balaban J connectivity index is 1.48. The minimum absolute atomic E-state index is 0.0148. The van der Waals surface area contributed by atoms with Gasteiger partial charge in [-0.05, 0) is 42.3 Å². The molecule has 5 heteroatoms. The van der Waals surface area contributed by atoms with Crippen molar-refractivity contribution >= 4 is 11.8 Å². The van der Waals surface area contributed by atoms with E-state index in [1.165, 1.54) is 0 Å². The summed E-state index contributed by atoms with van der Waals surface area (Å²) in [7, 11) is 0. The number of carbonyl (C=O) groups is 2. The lowest BCUT2D eigenvalue weighted by atomic mass is 10.1. The molecule has 28 heavy (non-hydrogen) atoms. The van der Waals surface area contributed by atoms with Crippen LogP contribution in [0.15, 0.2) is 79.1 Å². The largest absolute Gasteiger partial charge is 0.347 e. The van der Waals surface area contributed by atoms with E-state index in [9.17, 15) is 9.59 Å². The van der Waals surface area contributed by atoms with Gasteiger partial charge in [0.2, 0.25) is 11.8 Å². The Morgan fingerprint density at radius 3 is 2.21 bits per heavy atom. The molecule has 0 radical (unpaired) electrons. The van der Waals surface area contributed by atoms with Crippen molar-refractivity contribution in [2.75, 3.05) is 13.1 Å². The van der Waals surface area contributed by atoms with Crippen molar-refractivity contribution in [3.05, 3.63) is 90.3 Å². The van der Waals surface area contributed by atoms with Gasteiger partial charge in [-0.1, -0.05) is 42.5 Å². The van der Waals surface area contributed by atoms with Gasteiger partial charge in [0, 0.05) is 31.2 Å². The lowest BCUT2D eigenvalue weighted by Gasteiger charge is -2.21. The molecule has 3 aromatic rings. The first-order valence-corrected chi connectivity index (χ1v) is 9.46. The summed E-state index contributed by atoms with van der Waals surface area (Å²) >= 11 is 0. The molecular weight excluding hydrogens is 350 g/mol. The van der Waals surface area contributed by atoms with Crippen molar-refractivity contribution in [2.24, 2.45) is 0 Å². The molecule has 0 bridgehead atoms. The van der Waals surface area contributed by atoms with Crippen LogP contribution in [0.1, 0.15) is 18.1 Å². The topological polar surface area (TPSA) is 54.3 Å². The smallest absolute Gasteiger partial charge is 0.242 e. The number of aromatic nitrogens is 1. The molecule has 5 nitrogen and oxygen atoms in total. The minimum Gasteiger partial charge on any atom is -0.347 e. The van der Waals surface area contributed by atoms with E-state index in [2.05, 4.69) is 5.32 Å². The molecule has 1 aromatic heterocycles. The molecule has 1 N–H and O–H groups in total. The van der Waals surface area contributed by atoms with Crippen LogP contribution in [0, 0.1) is 0 Å².